The first kappa shape index (κ1) is 14.1. The third-order valence-corrected chi connectivity index (χ3v) is 3.27. The van der Waals surface area contributed by atoms with Gasteiger partial charge in [0.2, 0.25) is 0 Å². The fraction of sp³-hybridized carbons (Fsp3) is 0.0833. The molecular formula is C12H10Cl3N3O. The van der Waals surface area contributed by atoms with Gasteiger partial charge in [-0.2, -0.15) is 0 Å². The molecular weight excluding hydrogens is 309 g/mol. The average Bonchev–Trinajstić information content (AvgIpc) is 2.38. The van der Waals surface area contributed by atoms with Crippen LogP contribution in [0.3, 0.4) is 0 Å². The maximum atomic E-state index is 6.03. The van der Waals surface area contributed by atoms with Crippen molar-refractivity contribution in [3.63, 3.8) is 0 Å². The fourth-order valence-corrected chi connectivity index (χ4v) is 2.04. The van der Waals surface area contributed by atoms with Crippen molar-refractivity contribution in [1.82, 2.24) is 4.98 Å². The number of hydrogen-bond donors (Lipinski definition) is 2. The lowest BCUT2D eigenvalue weighted by molar-refractivity contribution is 0.415. The van der Waals surface area contributed by atoms with Gasteiger partial charge in [-0.25, -0.2) is 4.98 Å². The maximum Gasteiger partial charge on any atom is 0.151 e. The Bertz CT molecular complexity index is 619. The number of benzene rings is 1. The minimum Gasteiger partial charge on any atom is -0.495 e. The van der Waals surface area contributed by atoms with E-state index in [1.165, 1.54) is 13.2 Å². The Morgan fingerprint density at radius 2 is 1.84 bits per heavy atom. The second-order valence-electron chi connectivity index (χ2n) is 3.66. The molecule has 7 heteroatoms. The lowest BCUT2D eigenvalue weighted by Gasteiger charge is -2.11. The topological polar surface area (TPSA) is 60.2 Å². The van der Waals surface area contributed by atoms with E-state index < -0.39 is 0 Å². The van der Waals surface area contributed by atoms with Crippen molar-refractivity contribution < 1.29 is 4.74 Å². The smallest absolute Gasteiger partial charge is 0.151 e. The van der Waals surface area contributed by atoms with Crippen molar-refractivity contribution in [2.45, 2.75) is 0 Å². The molecule has 3 N–H and O–H groups in total. The molecule has 1 aromatic heterocycles. The molecule has 0 fully saturated rings. The summed E-state index contributed by atoms with van der Waals surface area (Å²) in [4.78, 5) is 4.07. The molecule has 0 aliphatic rings. The molecule has 4 nitrogen and oxygen atoms in total. The molecule has 2 aromatic rings. The highest BCUT2D eigenvalue weighted by Crippen LogP contribution is 2.32. The molecule has 0 unspecified atom stereocenters. The molecule has 1 aromatic carbocycles. The van der Waals surface area contributed by atoms with Gasteiger partial charge in [-0.1, -0.05) is 34.8 Å². The summed E-state index contributed by atoms with van der Waals surface area (Å²) in [6, 6.07) is 6.73. The summed E-state index contributed by atoms with van der Waals surface area (Å²) in [5.74, 6) is 1.16. The maximum absolute atomic E-state index is 6.03. The van der Waals surface area contributed by atoms with Crippen molar-refractivity contribution in [2.24, 2.45) is 0 Å². The number of anilines is 3. The summed E-state index contributed by atoms with van der Waals surface area (Å²) in [7, 11) is 1.54. The van der Waals surface area contributed by atoms with E-state index in [-0.39, 0.29) is 5.82 Å². The van der Waals surface area contributed by atoms with Crippen LogP contribution in [0.15, 0.2) is 24.3 Å². The van der Waals surface area contributed by atoms with Gasteiger partial charge in [0.05, 0.1) is 22.2 Å². The minimum atomic E-state index is 0.203. The average molecular weight is 319 g/mol. The van der Waals surface area contributed by atoms with Crippen LogP contribution in [0.2, 0.25) is 15.1 Å². The number of nitrogens with zero attached hydrogens (tertiary/aromatic N) is 1. The summed E-state index contributed by atoms with van der Waals surface area (Å²) < 4.78 is 5.13. The molecule has 0 saturated heterocycles. The zero-order chi connectivity index (χ0) is 14.0. The van der Waals surface area contributed by atoms with Gasteiger partial charge >= 0.3 is 0 Å². The van der Waals surface area contributed by atoms with E-state index in [4.69, 9.17) is 45.3 Å². The highest BCUT2D eigenvalue weighted by Gasteiger charge is 2.09. The van der Waals surface area contributed by atoms with Gasteiger partial charge in [0.25, 0.3) is 0 Å². The fourth-order valence-electron chi connectivity index (χ4n) is 1.44. The summed E-state index contributed by atoms with van der Waals surface area (Å²) in [5, 5.41) is 4.22. The second-order valence-corrected chi connectivity index (χ2v) is 4.88. The molecule has 100 valence electrons. The molecule has 0 atom stereocenters. The molecule has 0 bridgehead atoms. The van der Waals surface area contributed by atoms with E-state index in [0.29, 0.717) is 26.6 Å². The second kappa shape index (κ2) is 5.74. The van der Waals surface area contributed by atoms with Crippen LogP contribution in [0.5, 0.6) is 5.75 Å². The monoisotopic (exact) mass is 317 g/mol. The summed E-state index contributed by atoms with van der Waals surface area (Å²) in [6.07, 6.45) is 0. The number of hydrogen-bond acceptors (Lipinski definition) is 4. The van der Waals surface area contributed by atoms with Crippen LogP contribution in [-0.4, -0.2) is 12.1 Å². The van der Waals surface area contributed by atoms with Gasteiger partial charge in [0, 0.05) is 11.8 Å². The highest BCUT2D eigenvalue weighted by molar-refractivity contribution is 6.37. The van der Waals surface area contributed by atoms with Crippen LogP contribution in [0.1, 0.15) is 0 Å². The van der Waals surface area contributed by atoms with Gasteiger partial charge < -0.3 is 15.8 Å². The molecule has 19 heavy (non-hydrogen) atoms. The lowest BCUT2D eigenvalue weighted by Crippen LogP contribution is -1.99. The molecule has 1 heterocycles. The van der Waals surface area contributed by atoms with Crippen molar-refractivity contribution in [3.8, 4) is 5.75 Å². The number of nitrogens with one attached hydrogen (secondary N) is 1. The molecule has 0 amide bonds. The SMILES string of the molecule is COc1cc(Nc2nc(N)c(Cl)cc2Cl)ccc1Cl. The molecule has 0 spiro atoms. The lowest BCUT2D eigenvalue weighted by atomic mass is 10.3. The van der Waals surface area contributed by atoms with Crippen LogP contribution in [-0.2, 0) is 0 Å². The number of nitrogen functional groups attached to an aromatic ring is 1. The van der Waals surface area contributed by atoms with E-state index in [0.717, 1.165) is 5.69 Å². The molecule has 2 rings (SSSR count). The Balaban J connectivity index is 2.33. The summed E-state index contributed by atoms with van der Waals surface area (Å²) in [5.41, 5.74) is 6.36. The van der Waals surface area contributed by atoms with Crippen LogP contribution >= 0.6 is 34.8 Å². The quantitative estimate of drug-likeness (QED) is 0.882. The van der Waals surface area contributed by atoms with Gasteiger partial charge in [-0.05, 0) is 18.2 Å². The first-order valence-corrected chi connectivity index (χ1v) is 6.36. The number of halogens is 3. The zero-order valence-corrected chi connectivity index (χ0v) is 12.1. The van der Waals surface area contributed by atoms with Crippen molar-refractivity contribution >= 4 is 52.1 Å². The number of rotatable bonds is 3. The summed E-state index contributed by atoms with van der Waals surface area (Å²) in [6.45, 7) is 0. The van der Waals surface area contributed by atoms with E-state index in [9.17, 15) is 0 Å². The predicted octanol–water partition coefficient (Wildman–Crippen LogP) is 4.38. The third kappa shape index (κ3) is 3.15. The van der Waals surface area contributed by atoms with E-state index in [2.05, 4.69) is 10.3 Å². The summed E-state index contributed by atoms with van der Waals surface area (Å²) >= 11 is 17.8. The molecule has 0 aliphatic carbocycles. The van der Waals surface area contributed by atoms with Gasteiger partial charge in [-0.15, -0.1) is 0 Å². The first-order chi connectivity index (χ1) is 9.01. The van der Waals surface area contributed by atoms with Gasteiger partial charge in [-0.3, -0.25) is 0 Å². The largest absolute Gasteiger partial charge is 0.495 e. The number of ether oxygens (including phenoxy) is 1. The standard InChI is InChI=1S/C12H10Cl3N3O/c1-19-10-4-6(2-3-7(10)13)17-12-9(15)5-8(14)11(16)18-12/h2-5H,1H3,(H3,16,17,18). The Kier molecular flexibility index (Phi) is 4.24. The van der Waals surface area contributed by atoms with Crippen molar-refractivity contribution in [1.29, 1.82) is 0 Å². The molecule has 0 aliphatic heterocycles. The zero-order valence-electron chi connectivity index (χ0n) is 9.88. The minimum absolute atomic E-state index is 0.203. The number of methoxy groups -OCH3 is 1. The van der Waals surface area contributed by atoms with E-state index >= 15 is 0 Å². The number of nitrogens with two attached hydrogens (primary N) is 1. The number of pyridine rings is 1. The Labute approximate surface area is 125 Å². The Hall–Kier alpha value is -1.36. The van der Waals surface area contributed by atoms with Gasteiger partial charge in [0.15, 0.2) is 5.82 Å². The van der Waals surface area contributed by atoms with Crippen LogP contribution in [0.4, 0.5) is 17.3 Å². The normalized spacial score (nSPS) is 10.3. The Morgan fingerprint density at radius 3 is 2.53 bits per heavy atom. The first-order valence-electron chi connectivity index (χ1n) is 5.23. The Morgan fingerprint density at radius 1 is 1.11 bits per heavy atom. The van der Waals surface area contributed by atoms with Crippen LogP contribution < -0.4 is 15.8 Å². The van der Waals surface area contributed by atoms with Crippen LogP contribution in [0, 0.1) is 0 Å². The van der Waals surface area contributed by atoms with E-state index in [1.54, 1.807) is 18.2 Å². The predicted molar refractivity (Wildman–Crippen MR) is 80.0 cm³/mol. The van der Waals surface area contributed by atoms with Crippen molar-refractivity contribution in [2.75, 3.05) is 18.2 Å². The van der Waals surface area contributed by atoms with Crippen molar-refractivity contribution in [3.05, 3.63) is 39.3 Å². The molecule has 0 radical (unpaired) electrons. The van der Waals surface area contributed by atoms with Gasteiger partial charge in [0.1, 0.15) is 11.6 Å². The van der Waals surface area contributed by atoms with E-state index in [1.807, 2.05) is 0 Å². The number of aromatic nitrogens is 1. The molecule has 0 saturated carbocycles. The third-order valence-electron chi connectivity index (χ3n) is 2.37. The highest BCUT2D eigenvalue weighted by atomic mass is 35.5. The van der Waals surface area contributed by atoms with Crippen LogP contribution in [0.25, 0.3) is 0 Å².